The van der Waals surface area contributed by atoms with E-state index in [2.05, 4.69) is 50.7 Å². The van der Waals surface area contributed by atoms with E-state index in [0.29, 0.717) is 4.83 Å². The topological polar surface area (TPSA) is 9.23 Å². The maximum atomic E-state index is 5.62. The van der Waals surface area contributed by atoms with Gasteiger partial charge in [-0.05, 0) is 53.3 Å². The Hall–Kier alpha value is 0.230. The third-order valence-corrected chi connectivity index (χ3v) is 3.95. The molecule has 1 fully saturated rings. The van der Waals surface area contributed by atoms with Gasteiger partial charge in [0.1, 0.15) is 5.75 Å². The molecule has 0 aromatic heterocycles. The van der Waals surface area contributed by atoms with E-state index in [1.54, 1.807) is 0 Å². The van der Waals surface area contributed by atoms with Gasteiger partial charge in [-0.1, -0.05) is 15.9 Å². The van der Waals surface area contributed by atoms with Crippen LogP contribution in [0.3, 0.4) is 0 Å². The Balaban J connectivity index is 1.84. The fourth-order valence-electron chi connectivity index (χ4n) is 1.12. The molecular formula is C10H10BrIO. The predicted octanol–water partition coefficient (Wildman–Crippen LogP) is 3.45. The second-order valence-corrected chi connectivity index (χ2v) is 5.70. The normalized spacial score (nSPS) is 25.7. The molecule has 1 saturated carbocycles. The molecule has 0 saturated heterocycles. The Bertz CT molecular complexity index is 285. The molecule has 1 aromatic carbocycles. The van der Waals surface area contributed by atoms with E-state index < -0.39 is 0 Å². The lowest BCUT2D eigenvalue weighted by atomic mass is 10.3. The quantitative estimate of drug-likeness (QED) is 0.598. The smallest absolute Gasteiger partial charge is 0.119 e. The lowest BCUT2D eigenvalue weighted by molar-refractivity contribution is 0.300. The summed E-state index contributed by atoms with van der Waals surface area (Å²) in [5.74, 6) is 1.70. The maximum absolute atomic E-state index is 5.62. The molecule has 2 atom stereocenters. The first-order valence-electron chi connectivity index (χ1n) is 4.28. The monoisotopic (exact) mass is 352 g/mol. The summed E-state index contributed by atoms with van der Waals surface area (Å²) in [5, 5.41) is 0. The zero-order chi connectivity index (χ0) is 9.26. The molecular weight excluding hydrogens is 343 g/mol. The van der Waals surface area contributed by atoms with Crippen molar-refractivity contribution in [3.8, 4) is 5.75 Å². The summed E-state index contributed by atoms with van der Waals surface area (Å²) in [4.78, 5) is 0.691. The Morgan fingerprint density at radius 2 is 2.00 bits per heavy atom. The standard InChI is InChI=1S/C10H10BrIO/c11-10-5-7(10)6-13-9-3-1-8(12)2-4-9/h1-4,7,10H,5-6H2/t7-,10+/m1/s1. The van der Waals surface area contributed by atoms with Gasteiger partial charge in [-0.25, -0.2) is 0 Å². The van der Waals surface area contributed by atoms with E-state index in [9.17, 15) is 0 Å². The second-order valence-electron chi connectivity index (χ2n) is 3.28. The van der Waals surface area contributed by atoms with Gasteiger partial charge in [-0.15, -0.1) is 0 Å². The first-order valence-corrected chi connectivity index (χ1v) is 6.27. The average molecular weight is 353 g/mol. The Kier molecular flexibility index (Phi) is 3.14. The fraction of sp³-hybridized carbons (Fsp3) is 0.400. The molecule has 0 heterocycles. The number of ether oxygens (including phenoxy) is 1. The lowest BCUT2D eigenvalue weighted by Crippen LogP contribution is -2.00. The summed E-state index contributed by atoms with van der Waals surface area (Å²) < 4.78 is 6.87. The van der Waals surface area contributed by atoms with Crippen molar-refractivity contribution in [2.24, 2.45) is 5.92 Å². The van der Waals surface area contributed by atoms with Crippen LogP contribution in [0.2, 0.25) is 0 Å². The summed E-state index contributed by atoms with van der Waals surface area (Å²) in [6.07, 6.45) is 1.25. The molecule has 1 aliphatic carbocycles. The van der Waals surface area contributed by atoms with Crippen LogP contribution in [-0.4, -0.2) is 11.4 Å². The highest BCUT2D eigenvalue weighted by Gasteiger charge is 2.34. The predicted molar refractivity (Wildman–Crippen MR) is 65.5 cm³/mol. The number of hydrogen-bond acceptors (Lipinski definition) is 1. The molecule has 13 heavy (non-hydrogen) atoms. The van der Waals surface area contributed by atoms with Crippen LogP contribution in [0.25, 0.3) is 0 Å². The van der Waals surface area contributed by atoms with Crippen LogP contribution in [0.4, 0.5) is 0 Å². The number of rotatable bonds is 3. The molecule has 0 N–H and O–H groups in total. The van der Waals surface area contributed by atoms with Gasteiger partial charge in [-0.2, -0.15) is 0 Å². The molecule has 1 nitrogen and oxygen atoms in total. The average Bonchev–Trinajstić information content (AvgIpc) is 2.81. The molecule has 2 rings (SSSR count). The molecule has 3 heteroatoms. The summed E-state index contributed by atoms with van der Waals surface area (Å²) in [7, 11) is 0. The zero-order valence-electron chi connectivity index (χ0n) is 7.04. The van der Waals surface area contributed by atoms with Crippen LogP contribution < -0.4 is 4.74 Å². The highest BCUT2D eigenvalue weighted by molar-refractivity contribution is 14.1. The molecule has 70 valence electrons. The Morgan fingerprint density at radius 3 is 2.54 bits per heavy atom. The van der Waals surface area contributed by atoms with Gasteiger partial charge in [0.15, 0.2) is 0 Å². The van der Waals surface area contributed by atoms with Crippen LogP contribution in [0.5, 0.6) is 5.75 Å². The number of alkyl halides is 1. The third kappa shape index (κ3) is 2.84. The van der Waals surface area contributed by atoms with E-state index in [0.717, 1.165) is 18.3 Å². The van der Waals surface area contributed by atoms with E-state index >= 15 is 0 Å². The first kappa shape index (κ1) is 9.77. The molecule has 0 bridgehead atoms. The summed E-state index contributed by atoms with van der Waals surface area (Å²) >= 11 is 5.84. The van der Waals surface area contributed by atoms with Crippen molar-refractivity contribution >= 4 is 38.5 Å². The van der Waals surface area contributed by atoms with Crippen molar-refractivity contribution in [3.63, 3.8) is 0 Å². The Morgan fingerprint density at radius 1 is 1.38 bits per heavy atom. The van der Waals surface area contributed by atoms with E-state index in [1.165, 1.54) is 9.99 Å². The minimum Gasteiger partial charge on any atom is -0.493 e. The molecule has 0 spiro atoms. The summed E-state index contributed by atoms with van der Waals surface area (Å²) in [5.41, 5.74) is 0. The largest absolute Gasteiger partial charge is 0.493 e. The van der Waals surface area contributed by atoms with Gasteiger partial charge in [0.05, 0.1) is 6.61 Å². The minimum absolute atomic E-state index is 0.691. The highest BCUT2D eigenvalue weighted by Crippen LogP contribution is 2.37. The minimum atomic E-state index is 0.691. The molecule has 1 aromatic rings. The van der Waals surface area contributed by atoms with Crippen molar-refractivity contribution in [2.45, 2.75) is 11.2 Å². The van der Waals surface area contributed by atoms with Crippen molar-refractivity contribution in [1.29, 1.82) is 0 Å². The van der Waals surface area contributed by atoms with Crippen LogP contribution in [-0.2, 0) is 0 Å². The van der Waals surface area contributed by atoms with Crippen LogP contribution in [0.15, 0.2) is 24.3 Å². The van der Waals surface area contributed by atoms with Gasteiger partial charge < -0.3 is 4.74 Å². The maximum Gasteiger partial charge on any atom is 0.119 e. The van der Waals surface area contributed by atoms with Crippen LogP contribution in [0.1, 0.15) is 6.42 Å². The van der Waals surface area contributed by atoms with Gasteiger partial charge in [0, 0.05) is 14.3 Å². The lowest BCUT2D eigenvalue weighted by Gasteiger charge is -2.04. The van der Waals surface area contributed by atoms with E-state index in [-0.39, 0.29) is 0 Å². The van der Waals surface area contributed by atoms with Crippen molar-refractivity contribution in [1.82, 2.24) is 0 Å². The summed E-state index contributed by atoms with van der Waals surface area (Å²) in [6.45, 7) is 0.844. The van der Waals surface area contributed by atoms with Gasteiger partial charge in [-0.3, -0.25) is 0 Å². The molecule has 0 radical (unpaired) electrons. The van der Waals surface area contributed by atoms with Gasteiger partial charge in [0.25, 0.3) is 0 Å². The van der Waals surface area contributed by atoms with Crippen molar-refractivity contribution in [3.05, 3.63) is 27.8 Å². The summed E-state index contributed by atoms with van der Waals surface area (Å²) in [6, 6.07) is 8.17. The van der Waals surface area contributed by atoms with E-state index in [4.69, 9.17) is 4.74 Å². The van der Waals surface area contributed by atoms with Gasteiger partial charge >= 0.3 is 0 Å². The van der Waals surface area contributed by atoms with Crippen molar-refractivity contribution < 1.29 is 4.74 Å². The molecule has 1 aliphatic rings. The van der Waals surface area contributed by atoms with Crippen molar-refractivity contribution in [2.75, 3.05) is 6.61 Å². The third-order valence-electron chi connectivity index (χ3n) is 2.11. The van der Waals surface area contributed by atoms with Crippen LogP contribution >= 0.6 is 38.5 Å². The highest BCUT2D eigenvalue weighted by atomic mass is 127. The Labute approximate surface area is 100 Å². The second kappa shape index (κ2) is 4.17. The number of benzene rings is 1. The molecule has 0 unspecified atom stereocenters. The number of halogens is 2. The SMILES string of the molecule is Br[C@H]1C[C@@H]1COc1ccc(I)cc1. The first-order chi connectivity index (χ1) is 6.25. The van der Waals surface area contributed by atoms with Crippen LogP contribution in [0, 0.1) is 9.49 Å². The fourth-order valence-corrected chi connectivity index (χ4v) is 2.11. The zero-order valence-corrected chi connectivity index (χ0v) is 10.8. The molecule has 0 amide bonds. The van der Waals surface area contributed by atoms with E-state index in [1.807, 2.05) is 12.1 Å². The number of hydrogen-bond donors (Lipinski definition) is 0. The molecule has 0 aliphatic heterocycles. The van der Waals surface area contributed by atoms with Gasteiger partial charge in [0.2, 0.25) is 0 Å².